The van der Waals surface area contributed by atoms with E-state index in [9.17, 15) is 10.1 Å². The van der Waals surface area contributed by atoms with Gasteiger partial charge < -0.3 is 10.1 Å². The van der Waals surface area contributed by atoms with E-state index in [2.05, 4.69) is 27.9 Å². The lowest BCUT2D eigenvalue weighted by Crippen LogP contribution is -2.14. The van der Waals surface area contributed by atoms with Crippen LogP contribution < -0.4 is 10.1 Å². The standard InChI is InChI=1S/C25H21IN2O2/c1-17-7-6-10-23(18(17)2)28-25(29)21(15-27)13-20-11-12-24(22(26)14-20)30-16-19-8-4-3-5-9-19/h3-14H,16H2,1-2H3,(H,28,29)/b21-13+. The highest BCUT2D eigenvalue weighted by molar-refractivity contribution is 14.1. The lowest BCUT2D eigenvalue weighted by atomic mass is 10.1. The monoisotopic (exact) mass is 508 g/mol. The molecule has 0 unspecified atom stereocenters. The van der Waals surface area contributed by atoms with Crippen molar-refractivity contribution in [1.82, 2.24) is 0 Å². The van der Waals surface area contributed by atoms with Gasteiger partial charge >= 0.3 is 0 Å². The Morgan fingerprint density at radius 1 is 1.10 bits per heavy atom. The Morgan fingerprint density at radius 3 is 2.57 bits per heavy atom. The summed E-state index contributed by atoms with van der Waals surface area (Å²) in [6, 6.07) is 23.2. The van der Waals surface area contributed by atoms with Gasteiger partial charge in [-0.3, -0.25) is 4.79 Å². The second-order valence-electron chi connectivity index (χ2n) is 6.84. The lowest BCUT2D eigenvalue weighted by molar-refractivity contribution is -0.112. The molecule has 30 heavy (non-hydrogen) atoms. The number of benzene rings is 3. The van der Waals surface area contributed by atoms with E-state index in [-0.39, 0.29) is 5.57 Å². The summed E-state index contributed by atoms with van der Waals surface area (Å²) in [5, 5.41) is 12.3. The maximum atomic E-state index is 12.6. The molecule has 0 atom stereocenters. The number of nitrogens with one attached hydrogen (secondary N) is 1. The molecule has 0 aliphatic heterocycles. The third-order valence-corrected chi connectivity index (χ3v) is 5.57. The number of hydrogen-bond acceptors (Lipinski definition) is 3. The Morgan fingerprint density at radius 2 is 1.87 bits per heavy atom. The van der Waals surface area contributed by atoms with Gasteiger partial charge in [0.1, 0.15) is 24.0 Å². The van der Waals surface area contributed by atoms with Crippen LogP contribution >= 0.6 is 22.6 Å². The molecule has 0 aromatic heterocycles. The highest BCUT2D eigenvalue weighted by atomic mass is 127. The minimum atomic E-state index is -0.425. The summed E-state index contributed by atoms with van der Waals surface area (Å²) in [7, 11) is 0. The number of nitrogens with zero attached hydrogens (tertiary/aromatic N) is 1. The van der Waals surface area contributed by atoms with E-state index in [0.29, 0.717) is 12.3 Å². The molecule has 0 spiro atoms. The second kappa shape index (κ2) is 10.1. The molecule has 150 valence electrons. The number of nitriles is 1. The maximum Gasteiger partial charge on any atom is 0.266 e. The molecule has 0 saturated heterocycles. The SMILES string of the molecule is Cc1cccc(NC(=O)/C(C#N)=C/c2ccc(OCc3ccccc3)c(I)c2)c1C. The van der Waals surface area contributed by atoms with Gasteiger partial charge in [-0.25, -0.2) is 0 Å². The zero-order valence-corrected chi connectivity index (χ0v) is 18.9. The molecule has 1 N–H and O–H groups in total. The largest absolute Gasteiger partial charge is 0.488 e. The zero-order chi connectivity index (χ0) is 21.5. The molecule has 0 aliphatic rings. The average Bonchev–Trinajstić information content (AvgIpc) is 2.75. The van der Waals surface area contributed by atoms with E-state index in [1.54, 1.807) is 6.08 Å². The van der Waals surface area contributed by atoms with Gasteiger partial charge in [-0.15, -0.1) is 0 Å². The maximum absolute atomic E-state index is 12.6. The summed E-state index contributed by atoms with van der Waals surface area (Å²) < 4.78 is 6.79. The van der Waals surface area contributed by atoms with Crippen LogP contribution in [0.1, 0.15) is 22.3 Å². The zero-order valence-electron chi connectivity index (χ0n) is 16.8. The van der Waals surface area contributed by atoms with Crippen molar-refractivity contribution in [3.05, 3.63) is 98.1 Å². The van der Waals surface area contributed by atoms with Crippen LogP contribution in [0.3, 0.4) is 0 Å². The van der Waals surface area contributed by atoms with Crippen LogP contribution in [0.2, 0.25) is 0 Å². The number of carbonyl (C=O) groups excluding carboxylic acids is 1. The first kappa shape index (κ1) is 21.6. The quantitative estimate of drug-likeness (QED) is 0.251. The Hall–Kier alpha value is -3.11. The van der Waals surface area contributed by atoms with Gasteiger partial charge in [0.25, 0.3) is 5.91 Å². The number of ether oxygens (including phenoxy) is 1. The van der Waals surface area contributed by atoms with Gasteiger partial charge in [0, 0.05) is 5.69 Å². The minimum Gasteiger partial charge on any atom is -0.488 e. The third-order valence-electron chi connectivity index (χ3n) is 4.72. The lowest BCUT2D eigenvalue weighted by Gasteiger charge is -2.10. The Labute approximate surface area is 190 Å². The number of rotatable bonds is 6. The van der Waals surface area contributed by atoms with Crippen LogP contribution in [0.25, 0.3) is 6.08 Å². The Bertz CT molecular complexity index is 1130. The predicted molar refractivity (Wildman–Crippen MR) is 128 cm³/mol. The predicted octanol–water partition coefficient (Wildman–Crippen LogP) is 6.03. The topological polar surface area (TPSA) is 62.1 Å². The van der Waals surface area contributed by atoms with E-state index in [4.69, 9.17) is 4.74 Å². The molecule has 0 fully saturated rings. The van der Waals surface area contributed by atoms with Crippen LogP contribution in [0.5, 0.6) is 5.75 Å². The third kappa shape index (κ3) is 5.49. The van der Waals surface area contributed by atoms with E-state index in [1.807, 2.05) is 86.6 Å². The smallest absolute Gasteiger partial charge is 0.266 e. The van der Waals surface area contributed by atoms with Crippen molar-refractivity contribution in [1.29, 1.82) is 5.26 Å². The second-order valence-corrected chi connectivity index (χ2v) is 8.00. The number of anilines is 1. The molecule has 0 radical (unpaired) electrons. The molecule has 0 bridgehead atoms. The minimum absolute atomic E-state index is 0.0460. The number of halogens is 1. The fourth-order valence-electron chi connectivity index (χ4n) is 2.85. The molecule has 0 heterocycles. The molecular weight excluding hydrogens is 487 g/mol. The molecule has 4 nitrogen and oxygen atoms in total. The molecule has 3 aromatic rings. The van der Waals surface area contributed by atoms with Crippen molar-refractivity contribution in [3.8, 4) is 11.8 Å². The molecule has 0 aliphatic carbocycles. The van der Waals surface area contributed by atoms with Gasteiger partial charge in [0.2, 0.25) is 0 Å². The van der Waals surface area contributed by atoms with Crippen LogP contribution in [0, 0.1) is 28.7 Å². The summed E-state index contributed by atoms with van der Waals surface area (Å²) in [6.45, 7) is 4.40. The summed E-state index contributed by atoms with van der Waals surface area (Å²) in [6.07, 6.45) is 1.59. The van der Waals surface area contributed by atoms with Gasteiger partial charge in [-0.05, 0) is 83.0 Å². The summed E-state index contributed by atoms with van der Waals surface area (Å²) in [5.74, 6) is 0.334. The van der Waals surface area contributed by atoms with Crippen molar-refractivity contribution in [3.63, 3.8) is 0 Å². The van der Waals surface area contributed by atoms with Gasteiger partial charge in [0.15, 0.2) is 0 Å². The number of aryl methyl sites for hydroxylation is 1. The molecule has 0 saturated carbocycles. The van der Waals surface area contributed by atoms with Crippen molar-refractivity contribution in [2.45, 2.75) is 20.5 Å². The summed E-state index contributed by atoms with van der Waals surface area (Å²) >= 11 is 2.19. The van der Waals surface area contributed by atoms with Gasteiger partial charge in [-0.2, -0.15) is 5.26 Å². The molecular formula is C25H21IN2O2. The van der Waals surface area contributed by atoms with E-state index >= 15 is 0 Å². The van der Waals surface area contributed by atoms with Crippen molar-refractivity contribution in [2.75, 3.05) is 5.32 Å². The fraction of sp³-hybridized carbons (Fsp3) is 0.120. The van der Waals surface area contributed by atoms with Crippen molar-refractivity contribution >= 4 is 40.3 Å². The Kier molecular flexibility index (Phi) is 7.26. The van der Waals surface area contributed by atoms with Crippen LogP contribution in [-0.4, -0.2) is 5.91 Å². The summed E-state index contributed by atoms with van der Waals surface area (Å²) in [4.78, 5) is 12.6. The molecule has 5 heteroatoms. The average molecular weight is 508 g/mol. The normalized spacial score (nSPS) is 10.9. The Balaban J connectivity index is 1.73. The number of amides is 1. The first-order chi connectivity index (χ1) is 14.5. The first-order valence-corrected chi connectivity index (χ1v) is 10.5. The fourth-order valence-corrected chi connectivity index (χ4v) is 3.55. The number of hydrogen-bond donors (Lipinski definition) is 1. The number of carbonyl (C=O) groups is 1. The highest BCUT2D eigenvalue weighted by Gasteiger charge is 2.12. The van der Waals surface area contributed by atoms with Crippen LogP contribution in [-0.2, 0) is 11.4 Å². The molecule has 3 rings (SSSR count). The summed E-state index contributed by atoms with van der Waals surface area (Å²) in [5.41, 5.74) is 4.67. The van der Waals surface area contributed by atoms with E-state index in [1.165, 1.54) is 0 Å². The van der Waals surface area contributed by atoms with E-state index in [0.717, 1.165) is 31.6 Å². The van der Waals surface area contributed by atoms with Crippen LogP contribution in [0.15, 0.2) is 72.3 Å². The highest BCUT2D eigenvalue weighted by Crippen LogP contribution is 2.25. The first-order valence-electron chi connectivity index (χ1n) is 9.43. The van der Waals surface area contributed by atoms with Gasteiger partial charge in [0.05, 0.1) is 3.57 Å². The molecule has 1 amide bonds. The molecule has 3 aromatic carbocycles. The van der Waals surface area contributed by atoms with Crippen molar-refractivity contribution in [2.24, 2.45) is 0 Å². The van der Waals surface area contributed by atoms with Gasteiger partial charge in [-0.1, -0.05) is 48.5 Å². The van der Waals surface area contributed by atoms with Crippen LogP contribution in [0.4, 0.5) is 5.69 Å². The van der Waals surface area contributed by atoms with E-state index < -0.39 is 5.91 Å². The van der Waals surface area contributed by atoms with Crippen molar-refractivity contribution < 1.29 is 9.53 Å².